The summed E-state index contributed by atoms with van der Waals surface area (Å²) in [5, 5.41) is 10.5. The van der Waals surface area contributed by atoms with Crippen molar-refractivity contribution in [2.75, 3.05) is 12.3 Å². The van der Waals surface area contributed by atoms with Crippen LogP contribution in [-0.4, -0.2) is 6.54 Å². The zero-order chi connectivity index (χ0) is 10.4. The average molecular weight is 203 g/mol. The number of thioether (sulfide) groups is 1. The summed E-state index contributed by atoms with van der Waals surface area (Å²) in [6, 6.07) is 5.31. The number of nitrogen functional groups attached to an aromatic ring is 1. The van der Waals surface area contributed by atoms with Crippen molar-refractivity contribution in [3.8, 4) is 17.2 Å². The number of benzene rings is 1. The SMILES string of the molecule is N#CSc1ccc(N)c(C#CCN)c1. The summed E-state index contributed by atoms with van der Waals surface area (Å²) in [4.78, 5) is 0.836. The number of nitrogens with zero attached hydrogens (tertiary/aromatic N) is 1. The Bertz CT molecular complexity index is 423. The van der Waals surface area contributed by atoms with Crippen LogP contribution in [0, 0.1) is 22.5 Å². The topological polar surface area (TPSA) is 75.8 Å². The average Bonchev–Trinajstić information content (AvgIpc) is 2.19. The third kappa shape index (κ3) is 2.70. The van der Waals surface area contributed by atoms with Gasteiger partial charge in [0.2, 0.25) is 0 Å². The summed E-state index contributed by atoms with van der Waals surface area (Å²) in [5.41, 5.74) is 12.3. The lowest BCUT2D eigenvalue weighted by Crippen LogP contribution is -1.94. The molecule has 0 amide bonds. The molecular formula is C10H9N3S. The van der Waals surface area contributed by atoms with Crippen LogP contribution < -0.4 is 11.5 Å². The monoisotopic (exact) mass is 203 g/mol. The van der Waals surface area contributed by atoms with Crippen molar-refractivity contribution in [3.63, 3.8) is 0 Å². The van der Waals surface area contributed by atoms with E-state index in [0.29, 0.717) is 12.2 Å². The molecule has 1 aromatic rings. The van der Waals surface area contributed by atoms with E-state index in [0.717, 1.165) is 22.2 Å². The second-order valence-corrected chi connectivity index (χ2v) is 3.31. The van der Waals surface area contributed by atoms with Gasteiger partial charge in [0.25, 0.3) is 0 Å². The molecule has 0 heterocycles. The molecule has 0 aliphatic rings. The van der Waals surface area contributed by atoms with Gasteiger partial charge in [-0.1, -0.05) is 11.8 Å². The molecule has 1 aromatic carbocycles. The zero-order valence-electron chi connectivity index (χ0n) is 7.45. The Morgan fingerprint density at radius 2 is 2.21 bits per heavy atom. The Hall–Kier alpha value is -1.62. The van der Waals surface area contributed by atoms with Gasteiger partial charge in [-0.25, -0.2) is 0 Å². The molecule has 0 aromatic heterocycles. The van der Waals surface area contributed by atoms with Gasteiger partial charge in [0.1, 0.15) is 5.40 Å². The summed E-state index contributed by atoms with van der Waals surface area (Å²) in [6.07, 6.45) is 0. The molecule has 14 heavy (non-hydrogen) atoms. The van der Waals surface area contributed by atoms with E-state index in [1.54, 1.807) is 18.2 Å². The van der Waals surface area contributed by atoms with Gasteiger partial charge in [-0.2, -0.15) is 5.26 Å². The maximum atomic E-state index is 8.48. The highest BCUT2D eigenvalue weighted by atomic mass is 32.2. The van der Waals surface area contributed by atoms with Crippen molar-refractivity contribution >= 4 is 17.4 Å². The molecule has 0 unspecified atom stereocenters. The minimum Gasteiger partial charge on any atom is -0.398 e. The molecule has 3 nitrogen and oxygen atoms in total. The maximum Gasteiger partial charge on any atom is 0.138 e. The predicted molar refractivity (Wildman–Crippen MR) is 58.3 cm³/mol. The van der Waals surface area contributed by atoms with Crippen molar-refractivity contribution in [2.45, 2.75) is 4.90 Å². The van der Waals surface area contributed by atoms with E-state index in [1.165, 1.54) is 0 Å². The molecule has 70 valence electrons. The number of rotatable bonds is 1. The van der Waals surface area contributed by atoms with Gasteiger partial charge < -0.3 is 11.5 Å². The van der Waals surface area contributed by atoms with Crippen LogP contribution in [0.25, 0.3) is 0 Å². The van der Waals surface area contributed by atoms with Gasteiger partial charge in [0.05, 0.1) is 6.54 Å². The number of nitriles is 1. The lowest BCUT2D eigenvalue weighted by molar-refractivity contribution is 1.30. The third-order valence-corrected chi connectivity index (χ3v) is 2.09. The van der Waals surface area contributed by atoms with Gasteiger partial charge in [-0.15, -0.1) is 0 Å². The van der Waals surface area contributed by atoms with Gasteiger partial charge in [0.15, 0.2) is 0 Å². The summed E-state index contributed by atoms with van der Waals surface area (Å²) < 4.78 is 0. The fourth-order valence-corrected chi connectivity index (χ4v) is 1.32. The summed E-state index contributed by atoms with van der Waals surface area (Å²) in [6.45, 7) is 0.301. The fraction of sp³-hybridized carbons (Fsp3) is 0.100. The third-order valence-electron chi connectivity index (χ3n) is 1.51. The van der Waals surface area contributed by atoms with Crippen LogP contribution in [0.4, 0.5) is 5.69 Å². The second kappa shape index (κ2) is 5.18. The maximum absolute atomic E-state index is 8.48. The highest BCUT2D eigenvalue weighted by Gasteiger charge is 1.98. The van der Waals surface area contributed by atoms with Crippen molar-refractivity contribution in [3.05, 3.63) is 23.8 Å². The first-order valence-electron chi connectivity index (χ1n) is 3.92. The molecule has 0 spiro atoms. The van der Waals surface area contributed by atoms with Crippen LogP contribution in [0.15, 0.2) is 23.1 Å². The summed E-state index contributed by atoms with van der Waals surface area (Å²) in [7, 11) is 0. The van der Waals surface area contributed by atoms with E-state index in [-0.39, 0.29) is 0 Å². The van der Waals surface area contributed by atoms with Crippen molar-refractivity contribution < 1.29 is 0 Å². The Labute approximate surface area is 87.1 Å². The summed E-state index contributed by atoms with van der Waals surface area (Å²) in [5.74, 6) is 5.57. The van der Waals surface area contributed by atoms with Gasteiger partial charge in [0, 0.05) is 16.1 Å². The van der Waals surface area contributed by atoms with E-state index in [2.05, 4.69) is 11.8 Å². The van der Waals surface area contributed by atoms with Crippen molar-refractivity contribution in [2.24, 2.45) is 5.73 Å². The van der Waals surface area contributed by atoms with E-state index < -0.39 is 0 Å². The Kier molecular flexibility index (Phi) is 3.87. The molecule has 0 aliphatic heterocycles. The molecule has 1 rings (SSSR count). The van der Waals surface area contributed by atoms with Crippen molar-refractivity contribution in [1.82, 2.24) is 0 Å². The lowest BCUT2D eigenvalue weighted by Gasteiger charge is -1.99. The van der Waals surface area contributed by atoms with Crippen LogP contribution >= 0.6 is 11.8 Å². The number of thiocyanates is 1. The van der Waals surface area contributed by atoms with E-state index in [1.807, 2.05) is 5.40 Å². The molecule has 4 N–H and O–H groups in total. The normalized spacial score (nSPS) is 8.57. The van der Waals surface area contributed by atoms with Crippen LogP contribution in [0.2, 0.25) is 0 Å². The first-order valence-corrected chi connectivity index (χ1v) is 4.74. The van der Waals surface area contributed by atoms with E-state index in [9.17, 15) is 0 Å². The summed E-state index contributed by atoms with van der Waals surface area (Å²) >= 11 is 1.08. The van der Waals surface area contributed by atoms with Crippen LogP contribution in [0.1, 0.15) is 5.56 Å². The molecule has 0 bridgehead atoms. The molecule has 0 saturated carbocycles. The minimum absolute atomic E-state index is 0.301. The van der Waals surface area contributed by atoms with Crippen LogP contribution in [0.5, 0.6) is 0 Å². The smallest absolute Gasteiger partial charge is 0.138 e. The second-order valence-electron chi connectivity index (χ2n) is 2.45. The quantitative estimate of drug-likeness (QED) is 0.311. The molecule has 4 heteroatoms. The Morgan fingerprint density at radius 3 is 2.86 bits per heavy atom. The Morgan fingerprint density at radius 1 is 1.43 bits per heavy atom. The molecule has 0 saturated heterocycles. The highest BCUT2D eigenvalue weighted by Crippen LogP contribution is 2.21. The van der Waals surface area contributed by atoms with Crippen LogP contribution in [-0.2, 0) is 0 Å². The fourth-order valence-electron chi connectivity index (χ4n) is 0.906. The molecule has 0 radical (unpaired) electrons. The van der Waals surface area contributed by atoms with Gasteiger partial charge in [-0.05, 0) is 30.0 Å². The lowest BCUT2D eigenvalue weighted by atomic mass is 10.2. The first kappa shape index (κ1) is 10.5. The highest BCUT2D eigenvalue weighted by molar-refractivity contribution is 8.03. The molecule has 0 atom stereocenters. The zero-order valence-corrected chi connectivity index (χ0v) is 8.27. The first-order chi connectivity index (χ1) is 6.77. The number of anilines is 1. The molecular weight excluding hydrogens is 194 g/mol. The minimum atomic E-state index is 0.301. The number of hydrogen-bond donors (Lipinski definition) is 2. The predicted octanol–water partition coefficient (Wildman–Crippen LogP) is 1.15. The number of nitrogens with two attached hydrogens (primary N) is 2. The van der Waals surface area contributed by atoms with Crippen LogP contribution in [0.3, 0.4) is 0 Å². The van der Waals surface area contributed by atoms with E-state index >= 15 is 0 Å². The van der Waals surface area contributed by atoms with Gasteiger partial charge >= 0.3 is 0 Å². The van der Waals surface area contributed by atoms with Gasteiger partial charge in [-0.3, -0.25) is 0 Å². The number of hydrogen-bond acceptors (Lipinski definition) is 4. The molecule has 0 fully saturated rings. The van der Waals surface area contributed by atoms with Crippen molar-refractivity contribution in [1.29, 1.82) is 5.26 Å². The standard InChI is InChI=1S/C10H9N3S/c11-5-1-2-8-6-9(14-7-12)3-4-10(8)13/h3-4,6H,5,11,13H2. The Balaban J connectivity index is 3.03. The van der Waals surface area contributed by atoms with E-state index in [4.69, 9.17) is 16.7 Å². The molecule has 0 aliphatic carbocycles. The largest absolute Gasteiger partial charge is 0.398 e.